The fourth-order valence-electron chi connectivity index (χ4n) is 2.01. The summed E-state index contributed by atoms with van der Waals surface area (Å²) in [5, 5.41) is 16.6. The maximum atomic E-state index is 12.2. The van der Waals surface area contributed by atoms with Crippen molar-refractivity contribution in [3.05, 3.63) is 11.4 Å². The van der Waals surface area contributed by atoms with Gasteiger partial charge in [0, 0.05) is 19.7 Å². The molecule has 1 aromatic heterocycles. The van der Waals surface area contributed by atoms with Crippen molar-refractivity contribution in [2.45, 2.75) is 26.7 Å². The van der Waals surface area contributed by atoms with Gasteiger partial charge in [0.1, 0.15) is 0 Å². The van der Waals surface area contributed by atoms with Gasteiger partial charge in [-0.05, 0) is 32.6 Å². The molecule has 1 saturated heterocycles. The van der Waals surface area contributed by atoms with Gasteiger partial charge in [-0.1, -0.05) is 0 Å². The quantitative estimate of drug-likeness (QED) is 0.800. The van der Waals surface area contributed by atoms with E-state index < -0.39 is 10.2 Å². The smallest absolute Gasteiger partial charge is 0.304 e. The van der Waals surface area contributed by atoms with Gasteiger partial charge in [0.2, 0.25) is 0 Å². The molecule has 0 atom stereocenters. The van der Waals surface area contributed by atoms with E-state index in [1.54, 1.807) is 13.8 Å². The summed E-state index contributed by atoms with van der Waals surface area (Å²) >= 11 is 0. The Kier molecular flexibility index (Phi) is 4.51. The van der Waals surface area contributed by atoms with Crippen LogP contribution in [0.25, 0.3) is 0 Å². The van der Waals surface area contributed by atoms with Gasteiger partial charge in [-0.25, -0.2) is 9.71 Å². The van der Waals surface area contributed by atoms with Crippen molar-refractivity contribution in [2.24, 2.45) is 5.92 Å². The Morgan fingerprint density at radius 3 is 2.45 bits per heavy atom. The molecule has 2 N–H and O–H groups in total. The molecule has 0 amide bonds. The van der Waals surface area contributed by atoms with Gasteiger partial charge in [0.25, 0.3) is 5.95 Å². The molecule has 1 aromatic rings. The Morgan fingerprint density at radius 2 is 1.90 bits per heavy atom. The minimum Gasteiger partial charge on any atom is -0.396 e. The van der Waals surface area contributed by atoms with E-state index in [2.05, 4.69) is 19.9 Å². The summed E-state index contributed by atoms with van der Waals surface area (Å²) in [6, 6.07) is 0. The third-order valence-electron chi connectivity index (χ3n) is 3.48. The summed E-state index contributed by atoms with van der Waals surface area (Å²) < 4.78 is 28.1. The molecule has 8 nitrogen and oxygen atoms in total. The van der Waals surface area contributed by atoms with Gasteiger partial charge in [-0.15, -0.1) is 5.10 Å². The van der Waals surface area contributed by atoms with Crippen LogP contribution in [0, 0.1) is 19.8 Å². The molecule has 1 aliphatic heterocycles. The van der Waals surface area contributed by atoms with E-state index in [-0.39, 0.29) is 18.5 Å². The molecule has 2 heterocycles. The predicted octanol–water partition coefficient (Wildman–Crippen LogP) is -0.151. The maximum Gasteiger partial charge on any atom is 0.304 e. The Morgan fingerprint density at radius 1 is 1.25 bits per heavy atom. The number of aromatic nitrogens is 3. The normalized spacial score (nSPS) is 18.1. The molecule has 2 rings (SSSR count). The van der Waals surface area contributed by atoms with Crippen molar-refractivity contribution < 1.29 is 13.5 Å². The second-order valence-corrected chi connectivity index (χ2v) is 6.61. The van der Waals surface area contributed by atoms with E-state index in [4.69, 9.17) is 5.11 Å². The summed E-state index contributed by atoms with van der Waals surface area (Å²) in [5.41, 5.74) is 1.30. The second kappa shape index (κ2) is 5.98. The van der Waals surface area contributed by atoms with Crippen molar-refractivity contribution >= 4 is 16.2 Å². The van der Waals surface area contributed by atoms with Crippen LogP contribution in [0.5, 0.6) is 0 Å². The van der Waals surface area contributed by atoms with Gasteiger partial charge in [-0.3, -0.25) is 0 Å². The van der Waals surface area contributed by atoms with Gasteiger partial charge >= 0.3 is 10.2 Å². The Labute approximate surface area is 118 Å². The Balaban J connectivity index is 2.05. The largest absolute Gasteiger partial charge is 0.396 e. The van der Waals surface area contributed by atoms with E-state index in [9.17, 15) is 8.42 Å². The summed E-state index contributed by atoms with van der Waals surface area (Å²) in [4.78, 5) is 4.05. The van der Waals surface area contributed by atoms with Crippen molar-refractivity contribution in [1.82, 2.24) is 19.5 Å². The maximum absolute atomic E-state index is 12.2. The molecule has 9 heteroatoms. The van der Waals surface area contributed by atoms with E-state index in [0.717, 1.165) is 0 Å². The number of anilines is 1. The van der Waals surface area contributed by atoms with Crippen LogP contribution >= 0.6 is 0 Å². The minimum atomic E-state index is -3.66. The number of hydrogen-bond donors (Lipinski definition) is 2. The highest BCUT2D eigenvalue weighted by Gasteiger charge is 2.28. The summed E-state index contributed by atoms with van der Waals surface area (Å²) in [7, 11) is -3.66. The van der Waals surface area contributed by atoms with Gasteiger partial charge in [0.15, 0.2) is 0 Å². The van der Waals surface area contributed by atoms with Crippen molar-refractivity contribution in [3.8, 4) is 0 Å². The lowest BCUT2D eigenvalue weighted by atomic mass is 10.00. The van der Waals surface area contributed by atoms with Crippen molar-refractivity contribution in [2.75, 3.05) is 24.4 Å². The number of nitrogens with one attached hydrogen (secondary N) is 1. The average Bonchev–Trinajstić information content (AvgIpc) is 2.43. The lowest BCUT2D eigenvalue weighted by Gasteiger charge is -2.29. The van der Waals surface area contributed by atoms with Crippen LogP contribution in [-0.4, -0.2) is 52.7 Å². The van der Waals surface area contributed by atoms with Crippen LogP contribution in [0.4, 0.5) is 5.95 Å². The molecule has 0 spiro atoms. The van der Waals surface area contributed by atoms with Crippen LogP contribution < -0.4 is 4.72 Å². The second-order valence-electron chi connectivity index (χ2n) is 4.94. The fourth-order valence-corrected chi connectivity index (χ4v) is 3.15. The first-order valence-electron chi connectivity index (χ1n) is 6.49. The standard InChI is InChI=1S/C11H19N5O3S/c1-8-9(2)13-14-11(12-8)15-20(18,19)16-5-3-10(7-17)4-6-16/h10,17H,3-7H2,1-2H3,(H,12,14,15). The average molecular weight is 301 g/mol. The zero-order valence-electron chi connectivity index (χ0n) is 11.6. The molecular formula is C11H19N5O3S. The SMILES string of the molecule is Cc1nnc(NS(=O)(=O)N2CCC(CO)CC2)nc1C. The molecule has 112 valence electrons. The van der Waals surface area contributed by atoms with Crippen LogP contribution in [-0.2, 0) is 10.2 Å². The first kappa shape index (κ1) is 15.1. The van der Waals surface area contributed by atoms with E-state index in [1.807, 2.05) is 0 Å². The minimum absolute atomic E-state index is 0.0163. The first-order chi connectivity index (χ1) is 9.42. The molecule has 1 aliphatic rings. The summed E-state index contributed by atoms with van der Waals surface area (Å²) in [6.45, 7) is 4.38. The monoisotopic (exact) mass is 301 g/mol. The van der Waals surface area contributed by atoms with Crippen molar-refractivity contribution in [3.63, 3.8) is 0 Å². The first-order valence-corrected chi connectivity index (χ1v) is 7.93. The predicted molar refractivity (Wildman–Crippen MR) is 73.2 cm³/mol. The number of hydrogen-bond acceptors (Lipinski definition) is 6. The van der Waals surface area contributed by atoms with Crippen LogP contribution in [0.2, 0.25) is 0 Å². The number of aliphatic hydroxyl groups excluding tert-OH is 1. The number of rotatable bonds is 4. The molecule has 20 heavy (non-hydrogen) atoms. The highest BCUT2D eigenvalue weighted by molar-refractivity contribution is 7.90. The molecule has 0 aromatic carbocycles. The molecule has 0 aliphatic carbocycles. The third kappa shape index (κ3) is 3.41. The van der Waals surface area contributed by atoms with Crippen LogP contribution in [0.1, 0.15) is 24.2 Å². The van der Waals surface area contributed by atoms with Gasteiger partial charge in [0.05, 0.1) is 11.4 Å². The zero-order chi connectivity index (χ0) is 14.8. The number of piperidine rings is 1. The fraction of sp³-hybridized carbons (Fsp3) is 0.727. The Hall–Kier alpha value is -1.32. The zero-order valence-corrected chi connectivity index (χ0v) is 12.4. The molecule has 0 unspecified atom stereocenters. The number of aryl methyl sites for hydroxylation is 2. The number of nitrogens with zero attached hydrogens (tertiary/aromatic N) is 4. The lowest BCUT2D eigenvalue weighted by Crippen LogP contribution is -2.42. The molecule has 0 saturated carbocycles. The van der Waals surface area contributed by atoms with Gasteiger partial charge in [-0.2, -0.15) is 17.8 Å². The topological polar surface area (TPSA) is 108 Å². The van der Waals surface area contributed by atoms with Crippen molar-refractivity contribution in [1.29, 1.82) is 0 Å². The van der Waals surface area contributed by atoms with E-state index in [0.29, 0.717) is 37.3 Å². The summed E-state index contributed by atoms with van der Waals surface area (Å²) in [6.07, 6.45) is 1.31. The molecule has 0 bridgehead atoms. The molecule has 1 fully saturated rings. The van der Waals surface area contributed by atoms with Crippen LogP contribution in [0.3, 0.4) is 0 Å². The highest BCUT2D eigenvalue weighted by Crippen LogP contribution is 2.19. The van der Waals surface area contributed by atoms with Crippen LogP contribution in [0.15, 0.2) is 0 Å². The summed E-state index contributed by atoms with van der Waals surface area (Å²) in [5.74, 6) is 0.165. The lowest BCUT2D eigenvalue weighted by molar-refractivity contribution is 0.170. The van der Waals surface area contributed by atoms with E-state index in [1.165, 1.54) is 4.31 Å². The Bertz CT molecular complexity index is 569. The number of aliphatic hydroxyl groups is 1. The van der Waals surface area contributed by atoms with E-state index >= 15 is 0 Å². The third-order valence-corrected chi connectivity index (χ3v) is 4.97. The highest BCUT2D eigenvalue weighted by atomic mass is 32.2. The molecular weight excluding hydrogens is 282 g/mol. The van der Waals surface area contributed by atoms with Gasteiger partial charge < -0.3 is 5.11 Å². The molecule has 0 radical (unpaired) electrons.